The molecule has 1 fully saturated rings. The van der Waals surface area contributed by atoms with Crippen molar-refractivity contribution in [3.05, 3.63) is 41.7 Å². The molecule has 134 valence electrons. The van der Waals surface area contributed by atoms with Crippen LogP contribution in [0.2, 0.25) is 0 Å². The van der Waals surface area contributed by atoms with Crippen LogP contribution >= 0.6 is 11.8 Å². The lowest BCUT2D eigenvalue weighted by Gasteiger charge is -2.15. The number of hydrogen-bond acceptors (Lipinski definition) is 6. The van der Waals surface area contributed by atoms with Gasteiger partial charge in [0.2, 0.25) is 17.7 Å². The Morgan fingerprint density at radius 3 is 2.35 bits per heavy atom. The zero-order chi connectivity index (χ0) is 18.8. The van der Waals surface area contributed by atoms with Crippen molar-refractivity contribution >= 4 is 40.9 Å². The SMILES string of the molecule is CC(=O)Nc1ccc(N2C(=O)C[C@H](Sc3nc(C)cc(C)n3)C2=O)cc1. The molecule has 7 nitrogen and oxygen atoms in total. The van der Waals surface area contributed by atoms with Gasteiger partial charge in [-0.25, -0.2) is 14.9 Å². The van der Waals surface area contributed by atoms with E-state index in [9.17, 15) is 14.4 Å². The highest BCUT2D eigenvalue weighted by Crippen LogP contribution is 2.33. The number of rotatable bonds is 4. The molecule has 2 heterocycles. The number of hydrogen-bond donors (Lipinski definition) is 1. The van der Waals surface area contributed by atoms with Crippen LogP contribution in [0.25, 0.3) is 0 Å². The second-order valence-electron chi connectivity index (χ2n) is 6.04. The largest absolute Gasteiger partial charge is 0.326 e. The third-order valence-electron chi connectivity index (χ3n) is 3.76. The Morgan fingerprint density at radius 1 is 1.15 bits per heavy atom. The second-order valence-corrected chi connectivity index (χ2v) is 7.21. The van der Waals surface area contributed by atoms with Crippen LogP contribution in [0.3, 0.4) is 0 Å². The van der Waals surface area contributed by atoms with E-state index in [2.05, 4.69) is 15.3 Å². The van der Waals surface area contributed by atoms with Crippen molar-refractivity contribution in [3.8, 4) is 0 Å². The summed E-state index contributed by atoms with van der Waals surface area (Å²) in [6.45, 7) is 5.14. The number of imide groups is 1. The van der Waals surface area contributed by atoms with E-state index >= 15 is 0 Å². The molecule has 0 unspecified atom stereocenters. The maximum atomic E-state index is 12.7. The molecule has 1 aliphatic rings. The van der Waals surface area contributed by atoms with Crippen LogP contribution in [-0.2, 0) is 14.4 Å². The van der Waals surface area contributed by atoms with Crippen LogP contribution in [0, 0.1) is 13.8 Å². The number of amides is 3. The van der Waals surface area contributed by atoms with Gasteiger partial charge in [-0.15, -0.1) is 0 Å². The average molecular weight is 370 g/mol. The number of aromatic nitrogens is 2. The highest BCUT2D eigenvalue weighted by molar-refractivity contribution is 8.00. The standard InChI is InChI=1S/C18H18N4O3S/c1-10-8-11(2)20-18(19-10)26-15-9-16(24)22(17(15)25)14-6-4-13(5-7-14)21-12(3)23/h4-8,15H,9H2,1-3H3,(H,21,23)/t15-/m0/s1. The number of carbonyl (C=O) groups is 3. The molecule has 0 bridgehead atoms. The highest BCUT2D eigenvalue weighted by atomic mass is 32.2. The molecular formula is C18H18N4O3S. The van der Waals surface area contributed by atoms with Gasteiger partial charge in [0.15, 0.2) is 5.16 Å². The van der Waals surface area contributed by atoms with E-state index < -0.39 is 5.25 Å². The predicted molar refractivity (Wildman–Crippen MR) is 99.0 cm³/mol. The summed E-state index contributed by atoms with van der Waals surface area (Å²) < 4.78 is 0. The van der Waals surface area contributed by atoms with Crippen molar-refractivity contribution in [3.63, 3.8) is 0 Å². The van der Waals surface area contributed by atoms with Crippen molar-refractivity contribution in [2.24, 2.45) is 0 Å². The zero-order valence-corrected chi connectivity index (χ0v) is 15.5. The fourth-order valence-corrected chi connectivity index (χ4v) is 3.82. The first-order valence-electron chi connectivity index (χ1n) is 8.07. The minimum absolute atomic E-state index is 0.104. The summed E-state index contributed by atoms with van der Waals surface area (Å²) in [4.78, 5) is 46.0. The van der Waals surface area contributed by atoms with Crippen molar-refractivity contribution in [2.75, 3.05) is 10.2 Å². The number of aryl methyl sites for hydroxylation is 2. The Hall–Kier alpha value is -2.74. The van der Waals surface area contributed by atoms with Gasteiger partial charge in [0.1, 0.15) is 5.25 Å². The van der Waals surface area contributed by atoms with Gasteiger partial charge in [-0.05, 0) is 44.2 Å². The minimum Gasteiger partial charge on any atom is -0.326 e. The van der Waals surface area contributed by atoms with Gasteiger partial charge in [0, 0.05) is 30.4 Å². The Labute approximate surface area is 155 Å². The van der Waals surface area contributed by atoms with Crippen LogP contribution in [0.15, 0.2) is 35.5 Å². The first kappa shape index (κ1) is 18.1. The van der Waals surface area contributed by atoms with E-state index in [4.69, 9.17) is 0 Å². The summed E-state index contributed by atoms with van der Waals surface area (Å²) in [5, 5.41) is 2.60. The average Bonchev–Trinajstić information content (AvgIpc) is 2.81. The number of benzene rings is 1. The first-order chi connectivity index (χ1) is 12.3. The Balaban J connectivity index is 1.77. The maximum Gasteiger partial charge on any atom is 0.247 e. The van der Waals surface area contributed by atoms with E-state index in [1.807, 2.05) is 19.9 Å². The summed E-state index contributed by atoms with van der Waals surface area (Å²) in [5.41, 5.74) is 2.73. The lowest BCUT2D eigenvalue weighted by Crippen LogP contribution is -2.31. The molecule has 1 aromatic carbocycles. The van der Waals surface area contributed by atoms with Crippen LogP contribution in [0.4, 0.5) is 11.4 Å². The fraction of sp³-hybridized carbons (Fsp3) is 0.278. The number of carbonyl (C=O) groups excluding carboxylic acids is 3. The van der Waals surface area contributed by atoms with Crippen molar-refractivity contribution < 1.29 is 14.4 Å². The molecule has 1 aliphatic heterocycles. The van der Waals surface area contributed by atoms with Gasteiger partial charge in [0.25, 0.3) is 0 Å². The quantitative estimate of drug-likeness (QED) is 0.657. The van der Waals surface area contributed by atoms with Crippen LogP contribution < -0.4 is 10.2 Å². The molecule has 0 spiro atoms. The summed E-state index contributed by atoms with van der Waals surface area (Å²) in [5.74, 6) is -0.727. The number of thioether (sulfide) groups is 1. The van der Waals surface area contributed by atoms with Crippen molar-refractivity contribution in [1.29, 1.82) is 0 Å². The number of anilines is 2. The molecule has 3 rings (SSSR count). The van der Waals surface area contributed by atoms with Gasteiger partial charge in [-0.1, -0.05) is 11.8 Å². The van der Waals surface area contributed by atoms with E-state index in [0.29, 0.717) is 16.5 Å². The Kier molecular flexibility index (Phi) is 5.03. The van der Waals surface area contributed by atoms with Gasteiger partial charge < -0.3 is 5.32 Å². The zero-order valence-electron chi connectivity index (χ0n) is 14.6. The molecule has 1 atom stereocenters. The molecule has 2 aromatic rings. The third kappa shape index (κ3) is 3.91. The van der Waals surface area contributed by atoms with Crippen molar-refractivity contribution in [1.82, 2.24) is 9.97 Å². The van der Waals surface area contributed by atoms with E-state index in [1.54, 1.807) is 24.3 Å². The normalized spacial score (nSPS) is 16.9. The smallest absolute Gasteiger partial charge is 0.247 e. The maximum absolute atomic E-state index is 12.7. The fourth-order valence-electron chi connectivity index (χ4n) is 2.74. The molecular weight excluding hydrogens is 352 g/mol. The molecule has 8 heteroatoms. The highest BCUT2D eigenvalue weighted by Gasteiger charge is 2.40. The van der Waals surface area contributed by atoms with Gasteiger partial charge >= 0.3 is 0 Å². The lowest BCUT2D eigenvalue weighted by atomic mass is 10.2. The number of nitrogens with one attached hydrogen (secondary N) is 1. The van der Waals surface area contributed by atoms with Crippen molar-refractivity contribution in [2.45, 2.75) is 37.6 Å². The molecule has 0 saturated carbocycles. The van der Waals surface area contributed by atoms with E-state index in [0.717, 1.165) is 11.4 Å². The Bertz CT molecular complexity index is 862. The first-order valence-corrected chi connectivity index (χ1v) is 8.95. The molecule has 1 aromatic heterocycles. The second kappa shape index (κ2) is 7.25. The summed E-state index contributed by atoms with van der Waals surface area (Å²) in [6.07, 6.45) is 0.104. The third-order valence-corrected chi connectivity index (χ3v) is 4.81. The molecule has 0 radical (unpaired) electrons. The predicted octanol–water partition coefficient (Wildman–Crippen LogP) is 2.48. The molecule has 0 aliphatic carbocycles. The van der Waals surface area contributed by atoms with E-state index in [-0.39, 0.29) is 24.1 Å². The van der Waals surface area contributed by atoms with E-state index in [1.165, 1.54) is 23.6 Å². The minimum atomic E-state index is -0.543. The topological polar surface area (TPSA) is 92.3 Å². The number of nitrogens with zero attached hydrogens (tertiary/aromatic N) is 3. The van der Waals surface area contributed by atoms with Crippen LogP contribution in [0.5, 0.6) is 0 Å². The van der Waals surface area contributed by atoms with Gasteiger partial charge in [-0.2, -0.15) is 0 Å². The Morgan fingerprint density at radius 2 is 1.77 bits per heavy atom. The molecule has 1 saturated heterocycles. The molecule has 3 amide bonds. The lowest BCUT2D eigenvalue weighted by molar-refractivity contribution is -0.121. The molecule has 1 N–H and O–H groups in total. The monoisotopic (exact) mass is 370 g/mol. The summed E-state index contributed by atoms with van der Waals surface area (Å²) in [6, 6.07) is 8.45. The van der Waals surface area contributed by atoms with Gasteiger partial charge in [0.05, 0.1) is 5.69 Å². The van der Waals surface area contributed by atoms with Gasteiger partial charge in [-0.3, -0.25) is 14.4 Å². The molecule has 26 heavy (non-hydrogen) atoms. The van der Waals surface area contributed by atoms with Crippen LogP contribution in [-0.4, -0.2) is 32.9 Å². The van der Waals surface area contributed by atoms with Crippen LogP contribution in [0.1, 0.15) is 24.7 Å². The summed E-state index contributed by atoms with van der Waals surface area (Å²) in [7, 11) is 0. The summed E-state index contributed by atoms with van der Waals surface area (Å²) >= 11 is 1.21.